The molecule has 0 aromatic carbocycles. The molecule has 0 aliphatic carbocycles. The lowest BCUT2D eigenvalue weighted by Crippen LogP contribution is -2.05. The van der Waals surface area contributed by atoms with Crippen LogP contribution in [0.25, 0.3) is 0 Å². The molecular weight excluding hydrogens is 310 g/mol. The second-order valence-corrected chi connectivity index (χ2v) is 9.14. The van der Waals surface area contributed by atoms with Gasteiger partial charge in [-0.05, 0) is 40.5 Å². The van der Waals surface area contributed by atoms with Gasteiger partial charge in [0, 0.05) is 13.0 Å². The fourth-order valence-electron chi connectivity index (χ4n) is 1.69. The van der Waals surface area contributed by atoms with Crippen molar-refractivity contribution in [1.29, 1.82) is 0 Å². The third kappa shape index (κ3) is 10.1. The number of hydrogen-bond donors (Lipinski definition) is 2. The molecule has 5 nitrogen and oxygen atoms in total. The topological polar surface area (TPSA) is 83.8 Å². The summed E-state index contributed by atoms with van der Waals surface area (Å²) in [6.45, 7) is 8.11. The average molecular weight is 337 g/mol. The molecule has 0 heterocycles. The Balaban J connectivity index is 4.65. The van der Waals surface area contributed by atoms with Crippen molar-refractivity contribution in [2.24, 2.45) is 0 Å². The minimum atomic E-state index is -4.39. The van der Waals surface area contributed by atoms with E-state index in [1.807, 2.05) is 20.8 Å². The van der Waals surface area contributed by atoms with Gasteiger partial charge in [-0.25, -0.2) is 0 Å². The Kier molecular flexibility index (Phi) is 10.3. The van der Waals surface area contributed by atoms with E-state index in [2.05, 4.69) is 6.08 Å². The van der Waals surface area contributed by atoms with Crippen LogP contribution in [0, 0.1) is 0 Å². The molecule has 0 fully saturated rings. The summed E-state index contributed by atoms with van der Waals surface area (Å²) in [5.41, 5.74) is 2.29. The monoisotopic (exact) mass is 337 g/mol. The first kappa shape index (κ1) is 20.7. The quantitative estimate of drug-likeness (QED) is 0.456. The summed E-state index contributed by atoms with van der Waals surface area (Å²) in [7, 11) is -6.47. The molecule has 0 radical (unpaired) electrons. The van der Waals surface area contributed by atoms with E-state index in [1.165, 1.54) is 5.57 Å². The van der Waals surface area contributed by atoms with Crippen LogP contribution in [0.15, 0.2) is 23.3 Å². The molecule has 21 heavy (non-hydrogen) atoms. The summed E-state index contributed by atoms with van der Waals surface area (Å²) in [4.78, 5) is 18.7. The van der Waals surface area contributed by atoms with Crippen LogP contribution >= 0.6 is 15.4 Å². The fourth-order valence-corrected chi connectivity index (χ4v) is 4.48. The van der Waals surface area contributed by atoms with E-state index in [0.717, 1.165) is 18.4 Å². The highest BCUT2D eigenvalue weighted by molar-refractivity contribution is 7.67. The van der Waals surface area contributed by atoms with Crippen molar-refractivity contribution in [3.8, 4) is 0 Å². The van der Waals surface area contributed by atoms with Crippen LogP contribution in [0.4, 0.5) is 0 Å². The van der Waals surface area contributed by atoms with Crippen LogP contribution in [-0.2, 0) is 13.9 Å². The Morgan fingerprint density at radius 1 is 1.29 bits per heavy atom. The molecule has 0 saturated carbocycles. The van der Waals surface area contributed by atoms with Gasteiger partial charge in [0.15, 0.2) is 0 Å². The largest absolute Gasteiger partial charge is 0.383 e. The van der Waals surface area contributed by atoms with Crippen molar-refractivity contribution in [2.75, 3.05) is 13.0 Å². The molecule has 0 aromatic heterocycles. The standard InChI is InChI=1S/C14H26O5P2/c1-5-19-11-20(15)14(21(16,17)18)10-9-13(4)8-6-7-12(2)3/h7,9,14H,5-6,8,10-11H2,1-4H3,(H-,16,17,18)/p+1. The normalized spacial score (nSPS) is 14.8. The van der Waals surface area contributed by atoms with Crippen molar-refractivity contribution in [1.82, 2.24) is 0 Å². The Labute approximate surface area is 128 Å². The summed E-state index contributed by atoms with van der Waals surface area (Å²) < 4.78 is 28.4. The molecular formula is C14H27O5P2+. The molecule has 7 heteroatoms. The Hall–Kier alpha value is -0.310. The highest BCUT2D eigenvalue weighted by Crippen LogP contribution is 2.55. The predicted octanol–water partition coefficient (Wildman–Crippen LogP) is 4.39. The molecule has 0 aliphatic heterocycles. The third-order valence-electron chi connectivity index (χ3n) is 2.91. The molecule has 2 atom stereocenters. The maximum atomic E-state index is 12.0. The van der Waals surface area contributed by atoms with Crippen molar-refractivity contribution in [3.05, 3.63) is 23.3 Å². The number of allylic oxidation sites excluding steroid dienone is 4. The second-order valence-electron chi connectivity index (χ2n) is 5.22. The van der Waals surface area contributed by atoms with Crippen molar-refractivity contribution in [3.63, 3.8) is 0 Å². The van der Waals surface area contributed by atoms with E-state index in [4.69, 9.17) is 4.74 Å². The van der Waals surface area contributed by atoms with Crippen molar-refractivity contribution < 1.29 is 23.7 Å². The average Bonchev–Trinajstić information content (AvgIpc) is 2.34. The maximum Gasteiger partial charge on any atom is 0.383 e. The van der Waals surface area contributed by atoms with Gasteiger partial charge in [-0.1, -0.05) is 27.9 Å². The first-order chi connectivity index (χ1) is 9.68. The van der Waals surface area contributed by atoms with Gasteiger partial charge in [0.25, 0.3) is 5.40 Å². The molecule has 0 amide bonds. The van der Waals surface area contributed by atoms with Gasteiger partial charge >= 0.3 is 15.4 Å². The smallest absolute Gasteiger partial charge is 0.338 e. The van der Waals surface area contributed by atoms with Gasteiger partial charge in [-0.15, -0.1) is 0 Å². The number of ether oxygens (including phenoxy) is 1. The van der Waals surface area contributed by atoms with Gasteiger partial charge in [0.2, 0.25) is 6.35 Å². The SMILES string of the molecule is CCOC[P+](=O)C(CC=C(C)CCC=C(C)C)P(=O)(O)O. The summed E-state index contributed by atoms with van der Waals surface area (Å²) in [5, 5.41) is -1.16. The van der Waals surface area contributed by atoms with Gasteiger partial charge in [0.1, 0.15) is 0 Å². The van der Waals surface area contributed by atoms with Crippen LogP contribution in [-0.4, -0.2) is 28.1 Å². The van der Waals surface area contributed by atoms with Gasteiger partial charge in [0.05, 0.1) is 0 Å². The zero-order chi connectivity index (χ0) is 16.5. The highest BCUT2D eigenvalue weighted by Gasteiger charge is 2.44. The minimum absolute atomic E-state index is 0.105. The van der Waals surface area contributed by atoms with E-state index in [1.54, 1.807) is 13.0 Å². The van der Waals surface area contributed by atoms with E-state index >= 15 is 0 Å². The van der Waals surface area contributed by atoms with E-state index in [-0.39, 0.29) is 12.8 Å². The minimum Gasteiger partial charge on any atom is -0.338 e. The maximum absolute atomic E-state index is 12.0. The number of hydrogen-bond acceptors (Lipinski definition) is 3. The Morgan fingerprint density at radius 2 is 1.90 bits per heavy atom. The summed E-state index contributed by atoms with van der Waals surface area (Å²) in [5.74, 6) is 0. The summed E-state index contributed by atoms with van der Waals surface area (Å²) >= 11 is 0. The lowest BCUT2D eigenvalue weighted by Gasteiger charge is -2.08. The molecule has 2 N–H and O–H groups in total. The van der Waals surface area contributed by atoms with Crippen LogP contribution in [0.3, 0.4) is 0 Å². The lowest BCUT2D eigenvalue weighted by molar-refractivity contribution is 0.193. The molecule has 0 spiro atoms. The summed E-state index contributed by atoms with van der Waals surface area (Å²) in [6, 6.07) is 0. The van der Waals surface area contributed by atoms with E-state index in [9.17, 15) is 18.9 Å². The van der Waals surface area contributed by atoms with Gasteiger partial charge in [-0.2, -0.15) is 0 Å². The van der Waals surface area contributed by atoms with Crippen LogP contribution in [0.2, 0.25) is 0 Å². The van der Waals surface area contributed by atoms with Crippen molar-refractivity contribution in [2.45, 2.75) is 52.4 Å². The van der Waals surface area contributed by atoms with Gasteiger partial charge < -0.3 is 14.5 Å². The van der Waals surface area contributed by atoms with Crippen LogP contribution < -0.4 is 0 Å². The van der Waals surface area contributed by atoms with Gasteiger partial charge in [-0.3, -0.25) is 4.57 Å². The first-order valence-electron chi connectivity index (χ1n) is 7.04. The zero-order valence-electron chi connectivity index (χ0n) is 13.3. The molecule has 0 aromatic rings. The molecule has 0 saturated heterocycles. The molecule has 0 rings (SSSR count). The molecule has 0 aliphatic rings. The summed E-state index contributed by atoms with van der Waals surface area (Å²) in [6.07, 6.45) is 5.65. The van der Waals surface area contributed by atoms with E-state index in [0.29, 0.717) is 6.61 Å². The first-order valence-corrected chi connectivity index (χ1v) is 10.2. The van der Waals surface area contributed by atoms with Crippen LogP contribution in [0.5, 0.6) is 0 Å². The number of rotatable bonds is 10. The predicted molar refractivity (Wildman–Crippen MR) is 87.0 cm³/mol. The molecule has 0 bridgehead atoms. The molecule has 2 unspecified atom stereocenters. The lowest BCUT2D eigenvalue weighted by atomic mass is 10.1. The third-order valence-corrected chi connectivity index (χ3v) is 6.89. The fraction of sp³-hybridized carbons (Fsp3) is 0.714. The van der Waals surface area contributed by atoms with Crippen LogP contribution in [0.1, 0.15) is 47.0 Å². The Morgan fingerprint density at radius 3 is 2.38 bits per heavy atom. The Bertz CT molecular complexity index is 433. The molecule has 122 valence electrons. The zero-order valence-corrected chi connectivity index (χ0v) is 15.1. The highest BCUT2D eigenvalue weighted by atomic mass is 31.2. The second kappa shape index (κ2) is 10.4. The van der Waals surface area contributed by atoms with Crippen molar-refractivity contribution >= 4 is 15.4 Å². The van der Waals surface area contributed by atoms with E-state index < -0.39 is 20.8 Å².